The molecular formula is C15H20N2O4S. The van der Waals surface area contributed by atoms with Crippen molar-refractivity contribution in [2.75, 3.05) is 19.7 Å². The fourth-order valence-electron chi connectivity index (χ4n) is 2.84. The van der Waals surface area contributed by atoms with Crippen molar-refractivity contribution in [3.63, 3.8) is 0 Å². The number of carbonyl (C=O) groups excluding carboxylic acids is 1. The predicted octanol–water partition coefficient (Wildman–Crippen LogP) is 0.958. The van der Waals surface area contributed by atoms with Crippen LogP contribution in [0.4, 0.5) is 0 Å². The van der Waals surface area contributed by atoms with Crippen LogP contribution in [-0.2, 0) is 32.6 Å². The Kier molecular flexibility index (Phi) is 3.96. The quantitative estimate of drug-likeness (QED) is 0.827. The van der Waals surface area contributed by atoms with Gasteiger partial charge in [-0.3, -0.25) is 4.79 Å². The fraction of sp³-hybridized carbons (Fsp3) is 0.533. The summed E-state index contributed by atoms with van der Waals surface area (Å²) in [5.41, 5.74) is 1.93. The highest BCUT2D eigenvalue weighted by atomic mass is 32.2. The lowest BCUT2D eigenvalue weighted by atomic mass is 10.1. The molecule has 120 valence electrons. The number of carbonyl (C=O) groups is 1. The summed E-state index contributed by atoms with van der Waals surface area (Å²) in [4.78, 5) is 13.4. The van der Waals surface area contributed by atoms with E-state index in [9.17, 15) is 13.2 Å². The lowest BCUT2D eigenvalue weighted by Gasteiger charge is -2.37. The molecule has 7 heteroatoms. The number of sulfonamides is 1. The molecule has 0 atom stereocenters. The number of benzene rings is 1. The number of amides is 1. The van der Waals surface area contributed by atoms with E-state index in [1.54, 1.807) is 17.0 Å². The summed E-state index contributed by atoms with van der Waals surface area (Å²) in [6.45, 7) is 5.88. The number of rotatable bonds is 4. The Morgan fingerprint density at radius 2 is 1.95 bits per heavy atom. The van der Waals surface area contributed by atoms with Crippen LogP contribution >= 0.6 is 0 Å². The number of ether oxygens (including phenoxy) is 1. The number of hydrogen-bond donors (Lipinski definition) is 0. The second kappa shape index (κ2) is 5.64. The van der Waals surface area contributed by atoms with Crippen molar-refractivity contribution in [2.45, 2.75) is 37.9 Å². The molecule has 2 heterocycles. The molecule has 1 amide bonds. The molecule has 0 spiro atoms. The highest BCUT2D eigenvalue weighted by Gasteiger charge is 2.37. The van der Waals surface area contributed by atoms with Gasteiger partial charge in [-0.15, -0.1) is 0 Å². The largest absolute Gasteiger partial charge is 0.376 e. The summed E-state index contributed by atoms with van der Waals surface area (Å²) >= 11 is 0. The monoisotopic (exact) mass is 324 g/mol. The van der Waals surface area contributed by atoms with Gasteiger partial charge in [-0.2, -0.15) is 4.31 Å². The van der Waals surface area contributed by atoms with Crippen molar-refractivity contribution in [3.05, 3.63) is 29.3 Å². The predicted molar refractivity (Wildman–Crippen MR) is 80.5 cm³/mol. The van der Waals surface area contributed by atoms with Crippen LogP contribution in [-0.4, -0.2) is 49.3 Å². The van der Waals surface area contributed by atoms with Gasteiger partial charge in [0.05, 0.1) is 11.0 Å². The molecule has 0 N–H and O–H groups in total. The number of nitrogens with zero attached hydrogens (tertiary/aromatic N) is 2. The molecule has 0 unspecified atom stereocenters. The molecule has 1 fully saturated rings. The molecule has 0 saturated carbocycles. The molecule has 0 bridgehead atoms. The molecule has 1 saturated heterocycles. The van der Waals surface area contributed by atoms with Crippen LogP contribution in [0.25, 0.3) is 0 Å². The first kappa shape index (κ1) is 15.5. The number of fused-ring (bicyclic) bond motifs is 1. The first-order chi connectivity index (χ1) is 10.4. The summed E-state index contributed by atoms with van der Waals surface area (Å²) in [6, 6.07) is 5.14. The van der Waals surface area contributed by atoms with Crippen LogP contribution in [0.1, 0.15) is 25.0 Å². The standard InChI is InChI=1S/C15H20N2O4S/c1-3-21-14-9-17(10-14)22(19,20)15-5-4-12-7-16(11(2)18)8-13(12)6-15/h4-6,14H,3,7-10H2,1-2H3. The van der Waals surface area contributed by atoms with Gasteiger partial charge in [0.25, 0.3) is 0 Å². The highest BCUT2D eigenvalue weighted by molar-refractivity contribution is 7.89. The minimum Gasteiger partial charge on any atom is -0.376 e. The van der Waals surface area contributed by atoms with E-state index in [4.69, 9.17) is 4.74 Å². The van der Waals surface area contributed by atoms with Crippen molar-refractivity contribution < 1.29 is 17.9 Å². The van der Waals surface area contributed by atoms with Crippen LogP contribution in [0.2, 0.25) is 0 Å². The van der Waals surface area contributed by atoms with Gasteiger partial charge in [-0.25, -0.2) is 8.42 Å². The third kappa shape index (κ3) is 2.64. The van der Waals surface area contributed by atoms with Gasteiger partial charge in [-0.1, -0.05) is 6.07 Å². The molecule has 1 aromatic rings. The summed E-state index contributed by atoms with van der Waals surface area (Å²) in [5, 5.41) is 0. The lowest BCUT2D eigenvalue weighted by Crippen LogP contribution is -2.54. The first-order valence-corrected chi connectivity index (χ1v) is 8.85. The maximum atomic E-state index is 12.6. The second-order valence-electron chi connectivity index (χ2n) is 5.70. The number of hydrogen-bond acceptors (Lipinski definition) is 4. The van der Waals surface area contributed by atoms with Crippen LogP contribution < -0.4 is 0 Å². The summed E-state index contributed by atoms with van der Waals surface area (Å²) in [6.07, 6.45) is 0.00223. The molecule has 22 heavy (non-hydrogen) atoms. The molecule has 2 aliphatic heterocycles. The van der Waals surface area contributed by atoms with E-state index in [1.165, 1.54) is 11.2 Å². The highest BCUT2D eigenvalue weighted by Crippen LogP contribution is 2.29. The van der Waals surface area contributed by atoms with E-state index in [0.29, 0.717) is 37.7 Å². The van der Waals surface area contributed by atoms with Crippen LogP contribution in [0.3, 0.4) is 0 Å². The molecule has 6 nitrogen and oxygen atoms in total. The normalized spacial score (nSPS) is 19.1. The minimum absolute atomic E-state index is 0.00223. The molecule has 0 aromatic heterocycles. The smallest absolute Gasteiger partial charge is 0.243 e. The molecule has 0 aliphatic carbocycles. The Labute approximate surface area is 130 Å². The summed E-state index contributed by atoms with van der Waals surface area (Å²) in [5.74, 6) is 0.00269. The van der Waals surface area contributed by atoms with Crippen molar-refractivity contribution in [2.24, 2.45) is 0 Å². The molecule has 1 aromatic carbocycles. The maximum absolute atomic E-state index is 12.6. The van der Waals surface area contributed by atoms with Crippen molar-refractivity contribution in [1.82, 2.24) is 9.21 Å². The van der Waals surface area contributed by atoms with Crippen LogP contribution in [0.15, 0.2) is 23.1 Å². The Bertz CT molecular complexity index is 695. The minimum atomic E-state index is -3.46. The Balaban J connectivity index is 1.77. The van der Waals surface area contributed by atoms with E-state index >= 15 is 0 Å². The molecule has 0 radical (unpaired) electrons. The van der Waals surface area contributed by atoms with E-state index in [-0.39, 0.29) is 12.0 Å². The zero-order valence-corrected chi connectivity index (χ0v) is 13.6. The van der Waals surface area contributed by atoms with Gasteiger partial charge in [0, 0.05) is 39.7 Å². The van der Waals surface area contributed by atoms with Crippen LogP contribution in [0, 0.1) is 0 Å². The van der Waals surface area contributed by atoms with Gasteiger partial charge < -0.3 is 9.64 Å². The Hall–Kier alpha value is -1.44. The zero-order chi connectivity index (χ0) is 15.9. The Morgan fingerprint density at radius 1 is 1.27 bits per heavy atom. The van der Waals surface area contributed by atoms with Crippen molar-refractivity contribution in [1.29, 1.82) is 0 Å². The Morgan fingerprint density at radius 3 is 2.59 bits per heavy atom. The van der Waals surface area contributed by atoms with Gasteiger partial charge >= 0.3 is 0 Å². The third-order valence-corrected chi connectivity index (χ3v) is 6.03. The van der Waals surface area contributed by atoms with Gasteiger partial charge in [-0.05, 0) is 30.2 Å². The van der Waals surface area contributed by atoms with Crippen molar-refractivity contribution >= 4 is 15.9 Å². The average molecular weight is 324 g/mol. The van der Waals surface area contributed by atoms with E-state index in [0.717, 1.165) is 11.1 Å². The van der Waals surface area contributed by atoms with Crippen LogP contribution in [0.5, 0.6) is 0 Å². The third-order valence-electron chi connectivity index (χ3n) is 4.20. The topological polar surface area (TPSA) is 66.9 Å². The molecule has 3 rings (SSSR count). The zero-order valence-electron chi connectivity index (χ0n) is 12.8. The van der Waals surface area contributed by atoms with E-state index < -0.39 is 10.0 Å². The van der Waals surface area contributed by atoms with Gasteiger partial charge in [0.1, 0.15) is 0 Å². The summed E-state index contributed by atoms with van der Waals surface area (Å²) < 4.78 is 32.0. The van der Waals surface area contributed by atoms with Crippen molar-refractivity contribution in [3.8, 4) is 0 Å². The molecule has 2 aliphatic rings. The van der Waals surface area contributed by atoms with Gasteiger partial charge in [0.2, 0.25) is 15.9 Å². The maximum Gasteiger partial charge on any atom is 0.243 e. The molecular weight excluding hydrogens is 304 g/mol. The lowest BCUT2D eigenvalue weighted by molar-refractivity contribution is -0.129. The van der Waals surface area contributed by atoms with Gasteiger partial charge in [0.15, 0.2) is 0 Å². The second-order valence-corrected chi connectivity index (χ2v) is 7.64. The average Bonchev–Trinajstić information content (AvgIpc) is 2.85. The van der Waals surface area contributed by atoms with E-state index in [1.807, 2.05) is 13.0 Å². The first-order valence-electron chi connectivity index (χ1n) is 7.41. The SMILES string of the molecule is CCOC1CN(S(=O)(=O)c2ccc3c(c2)CN(C(C)=O)C3)C1. The fourth-order valence-corrected chi connectivity index (χ4v) is 4.40. The summed E-state index contributed by atoms with van der Waals surface area (Å²) in [7, 11) is -3.46. The van der Waals surface area contributed by atoms with E-state index in [2.05, 4.69) is 0 Å².